The molecule has 9 heteroatoms. The number of anilines is 1. The molecular formula is C23H29F2N3O3S. The number of rotatable bonds is 7. The molecule has 2 aromatic rings. The molecule has 6 nitrogen and oxygen atoms in total. The van der Waals surface area contributed by atoms with Crippen molar-refractivity contribution in [1.82, 2.24) is 9.21 Å². The fraction of sp³-hybridized carbons (Fsp3) is 0.435. The Morgan fingerprint density at radius 2 is 1.69 bits per heavy atom. The van der Waals surface area contributed by atoms with Crippen molar-refractivity contribution in [2.75, 3.05) is 38.6 Å². The normalized spacial score (nSPS) is 15.5. The molecule has 0 atom stereocenters. The predicted molar refractivity (Wildman–Crippen MR) is 120 cm³/mol. The van der Waals surface area contributed by atoms with E-state index < -0.39 is 26.6 Å². The van der Waals surface area contributed by atoms with E-state index in [4.69, 9.17) is 0 Å². The number of piperidine rings is 1. The highest BCUT2D eigenvalue weighted by molar-refractivity contribution is 7.89. The van der Waals surface area contributed by atoms with Crippen LogP contribution in [0, 0.1) is 17.6 Å². The van der Waals surface area contributed by atoms with E-state index in [2.05, 4.69) is 0 Å². The van der Waals surface area contributed by atoms with Crippen LogP contribution in [-0.2, 0) is 21.4 Å². The molecule has 0 spiro atoms. The smallest absolute Gasteiger partial charge is 0.246 e. The van der Waals surface area contributed by atoms with Crippen molar-refractivity contribution in [2.45, 2.75) is 31.2 Å². The van der Waals surface area contributed by atoms with Crippen LogP contribution in [0.5, 0.6) is 0 Å². The van der Waals surface area contributed by atoms with E-state index >= 15 is 0 Å². The molecule has 0 radical (unpaired) electrons. The summed E-state index contributed by atoms with van der Waals surface area (Å²) in [5.74, 6) is -2.12. The van der Waals surface area contributed by atoms with Gasteiger partial charge in [-0.2, -0.15) is 4.31 Å². The van der Waals surface area contributed by atoms with Crippen LogP contribution in [0.2, 0.25) is 0 Å². The van der Waals surface area contributed by atoms with Crippen LogP contribution in [-0.4, -0.2) is 57.3 Å². The molecule has 2 aromatic carbocycles. The van der Waals surface area contributed by atoms with E-state index in [9.17, 15) is 22.0 Å². The Morgan fingerprint density at radius 3 is 2.25 bits per heavy atom. The summed E-state index contributed by atoms with van der Waals surface area (Å²) in [7, 11) is -0.232. The number of benzene rings is 2. The second-order valence-corrected chi connectivity index (χ2v) is 10.1. The summed E-state index contributed by atoms with van der Waals surface area (Å²) in [6.07, 6.45) is 0.677. The Bertz CT molecular complexity index is 1050. The highest BCUT2D eigenvalue weighted by Gasteiger charge is 2.35. The van der Waals surface area contributed by atoms with Gasteiger partial charge in [0.1, 0.15) is 16.5 Å². The monoisotopic (exact) mass is 465 g/mol. The highest BCUT2D eigenvalue weighted by Crippen LogP contribution is 2.27. The quantitative estimate of drug-likeness (QED) is 0.628. The fourth-order valence-electron chi connectivity index (χ4n) is 3.88. The molecular weight excluding hydrogens is 436 g/mol. The Labute approximate surface area is 188 Å². The Balaban J connectivity index is 1.64. The maximum atomic E-state index is 14.0. The van der Waals surface area contributed by atoms with Crippen molar-refractivity contribution < 1.29 is 22.0 Å². The lowest BCUT2D eigenvalue weighted by Crippen LogP contribution is -2.44. The van der Waals surface area contributed by atoms with Gasteiger partial charge in [-0.15, -0.1) is 0 Å². The summed E-state index contributed by atoms with van der Waals surface area (Å²) in [6.45, 7) is 3.11. The first-order valence-electron chi connectivity index (χ1n) is 10.6. The molecule has 174 valence electrons. The van der Waals surface area contributed by atoms with E-state index in [0.29, 0.717) is 32.0 Å². The van der Waals surface area contributed by atoms with Gasteiger partial charge in [-0.1, -0.05) is 12.1 Å². The summed E-state index contributed by atoms with van der Waals surface area (Å²) >= 11 is 0. The Hall–Kier alpha value is -2.52. The van der Waals surface area contributed by atoms with Gasteiger partial charge in [0.15, 0.2) is 0 Å². The topological polar surface area (TPSA) is 60.9 Å². The molecule has 0 aliphatic carbocycles. The number of halogens is 2. The van der Waals surface area contributed by atoms with Gasteiger partial charge < -0.3 is 9.80 Å². The first kappa shape index (κ1) is 24.1. The van der Waals surface area contributed by atoms with Crippen LogP contribution < -0.4 is 4.90 Å². The number of carbonyl (C=O) groups is 1. The second kappa shape index (κ2) is 9.95. The second-order valence-electron chi connectivity index (χ2n) is 8.17. The van der Waals surface area contributed by atoms with Crippen LogP contribution in [0.25, 0.3) is 0 Å². The summed E-state index contributed by atoms with van der Waals surface area (Å²) in [5, 5.41) is 0. The number of hydrogen-bond donors (Lipinski definition) is 0. The number of hydrogen-bond acceptors (Lipinski definition) is 4. The third-order valence-corrected chi connectivity index (χ3v) is 7.75. The van der Waals surface area contributed by atoms with Crippen molar-refractivity contribution in [1.29, 1.82) is 0 Å². The number of amides is 1. The molecule has 1 amide bonds. The summed E-state index contributed by atoms with van der Waals surface area (Å²) < 4.78 is 54.2. The molecule has 0 saturated carbocycles. The van der Waals surface area contributed by atoms with Crippen LogP contribution in [0.3, 0.4) is 0 Å². The lowest BCUT2D eigenvalue weighted by molar-refractivity contribution is -0.137. The molecule has 1 aliphatic heterocycles. The van der Waals surface area contributed by atoms with Crippen LogP contribution >= 0.6 is 0 Å². The van der Waals surface area contributed by atoms with Crippen molar-refractivity contribution in [3.63, 3.8) is 0 Å². The number of nitrogens with zero attached hydrogens (tertiary/aromatic N) is 3. The predicted octanol–water partition coefficient (Wildman–Crippen LogP) is 3.48. The van der Waals surface area contributed by atoms with Gasteiger partial charge in [-0.25, -0.2) is 17.2 Å². The zero-order valence-corrected chi connectivity index (χ0v) is 19.4. The Morgan fingerprint density at radius 1 is 1.06 bits per heavy atom. The standard InChI is InChI=1S/C23H29F2N3O3S/c1-4-27(16-17-5-8-20(9-6-17)26(2)3)23(29)18-11-13-28(14-12-18)32(30,31)22-15-19(24)7-10-21(22)25/h5-10,15,18H,4,11-14,16H2,1-3H3. The largest absolute Gasteiger partial charge is 0.378 e. The van der Waals surface area contributed by atoms with Crippen LogP contribution in [0.1, 0.15) is 25.3 Å². The molecule has 3 rings (SSSR count). The zero-order chi connectivity index (χ0) is 23.5. The number of carbonyl (C=O) groups excluding carboxylic acids is 1. The van der Waals surface area contributed by atoms with Crippen molar-refractivity contribution in [3.05, 3.63) is 59.7 Å². The van der Waals surface area contributed by atoms with Crippen molar-refractivity contribution in [3.8, 4) is 0 Å². The van der Waals surface area contributed by atoms with E-state index in [-0.39, 0.29) is 24.9 Å². The molecule has 0 aromatic heterocycles. The molecule has 0 bridgehead atoms. The van der Waals surface area contributed by atoms with Crippen molar-refractivity contribution >= 4 is 21.6 Å². The fourth-order valence-corrected chi connectivity index (χ4v) is 5.43. The van der Waals surface area contributed by atoms with Crippen LogP contribution in [0.15, 0.2) is 47.4 Å². The highest BCUT2D eigenvalue weighted by atomic mass is 32.2. The minimum Gasteiger partial charge on any atom is -0.378 e. The van der Waals surface area contributed by atoms with E-state index in [1.54, 1.807) is 4.90 Å². The van der Waals surface area contributed by atoms with E-state index in [1.807, 2.05) is 50.2 Å². The molecule has 1 aliphatic rings. The molecule has 0 unspecified atom stereocenters. The lowest BCUT2D eigenvalue weighted by atomic mass is 9.96. The zero-order valence-electron chi connectivity index (χ0n) is 18.6. The van der Waals surface area contributed by atoms with Gasteiger partial charge in [-0.3, -0.25) is 4.79 Å². The third-order valence-electron chi connectivity index (χ3n) is 5.83. The first-order chi connectivity index (χ1) is 15.1. The molecule has 1 fully saturated rings. The number of sulfonamides is 1. The average molecular weight is 466 g/mol. The molecule has 32 heavy (non-hydrogen) atoms. The average Bonchev–Trinajstić information content (AvgIpc) is 2.79. The van der Waals surface area contributed by atoms with Crippen molar-refractivity contribution in [2.24, 2.45) is 5.92 Å². The summed E-state index contributed by atoms with van der Waals surface area (Å²) in [4.78, 5) is 16.2. The van der Waals surface area contributed by atoms with E-state index in [0.717, 1.165) is 27.7 Å². The molecule has 1 saturated heterocycles. The maximum Gasteiger partial charge on any atom is 0.246 e. The molecule has 1 heterocycles. The summed E-state index contributed by atoms with van der Waals surface area (Å²) in [5.41, 5.74) is 2.10. The van der Waals surface area contributed by atoms with Gasteiger partial charge in [-0.05, 0) is 55.7 Å². The third kappa shape index (κ3) is 5.27. The first-order valence-corrected chi connectivity index (χ1v) is 12.1. The maximum absolute atomic E-state index is 14.0. The summed E-state index contributed by atoms with van der Waals surface area (Å²) in [6, 6.07) is 10.4. The SMILES string of the molecule is CCN(Cc1ccc(N(C)C)cc1)C(=O)C1CCN(S(=O)(=O)c2cc(F)ccc2F)CC1. The van der Waals surface area contributed by atoms with Gasteiger partial charge in [0.25, 0.3) is 0 Å². The molecule has 0 N–H and O–H groups in total. The minimum absolute atomic E-state index is 0.0156. The van der Waals surface area contributed by atoms with E-state index in [1.165, 1.54) is 0 Å². The van der Waals surface area contributed by atoms with Gasteiger partial charge >= 0.3 is 0 Å². The van der Waals surface area contributed by atoms with Crippen LogP contribution in [0.4, 0.5) is 14.5 Å². The van der Waals surface area contributed by atoms with Gasteiger partial charge in [0.2, 0.25) is 15.9 Å². The minimum atomic E-state index is -4.16. The van der Waals surface area contributed by atoms with Gasteiger partial charge in [0, 0.05) is 51.9 Å². The van der Waals surface area contributed by atoms with Gasteiger partial charge in [0.05, 0.1) is 0 Å². The Kier molecular flexibility index (Phi) is 7.51. The lowest BCUT2D eigenvalue weighted by Gasteiger charge is -2.33.